The van der Waals surface area contributed by atoms with Gasteiger partial charge in [-0.3, -0.25) is 14.3 Å². The first-order valence-electron chi connectivity index (χ1n) is 10.7. The van der Waals surface area contributed by atoms with E-state index >= 15 is 0 Å². The Morgan fingerprint density at radius 3 is 2.54 bits per heavy atom. The second-order valence-corrected chi connectivity index (χ2v) is 8.67. The van der Waals surface area contributed by atoms with Crippen LogP contribution in [0.4, 0.5) is 8.78 Å². The third kappa shape index (κ3) is 6.02. The summed E-state index contributed by atoms with van der Waals surface area (Å²) in [6.45, 7) is -0.532. The summed E-state index contributed by atoms with van der Waals surface area (Å²) >= 11 is 1.30. The molecule has 4 aromatic rings. The number of ether oxygens (including phenoxy) is 1. The summed E-state index contributed by atoms with van der Waals surface area (Å²) < 4.78 is 31.0. The highest BCUT2D eigenvalue weighted by molar-refractivity contribution is 7.99. The number of alkyl halides is 2. The Bertz CT molecular complexity index is 1280. The van der Waals surface area contributed by atoms with Crippen molar-refractivity contribution in [2.24, 2.45) is 0 Å². The Kier molecular flexibility index (Phi) is 7.71. The molecule has 4 rings (SSSR count). The Hall–Kier alpha value is -3.79. The van der Waals surface area contributed by atoms with E-state index in [-0.39, 0.29) is 17.4 Å². The van der Waals surface area contributed by atoms with Gasteiger partial charge in [-0.25, -0.2) is 0 Å². The molecule has 0 aliphatic carbocycles. The average Bonchev–Trinajstić information content (AvgIpc) is 3.28. The van der Waals surface area contributed by atoms with E-state index in [1.54, 1.807) is 36.5 Å². The van der Waals surface area contributed by atoms with Crippen LogP contribution in [0.2, 0.25) is 0 Å². The number of carbonyl (C=O) groups excluding carboxylic acids is 1. The lowest BCUT2D eigenvalue weighted by Crippen LogP contribution is -2.27. The van der Waals surface area contributed by atoms with Crippen molar-refractivity contribution in [1.29, 1.82) is 0 Å². The lowest BCUT2D eigenvalue weighted by molar-refractivity contribution is -0.127. The van der Waals surface area contributed by atoms with Crippen LogP contribution in [0.3, 0.4) is 0 Å². The van der Waals surface area contributed by atoms with Crippen molar-refractivity contribution in [3.8, 4) is 22.8 Å². The van der Waals surface area contributed by atoms with Crippen LogP contribution >= 0.6 is 11.8 Å². The third-order valence-electron chi connectivity index (χ3n) is 5.23. The predicted octanol–water partition coefficient (Wildman–Crippen LogP) is 4.99. The molecule has 180 valence electrons. The summed E-state index contributed by atoms with van der Waals surface area (Å²) in [5.41, 5.74) is 3.58. The molecule has 0 atom stereocenters. The molecule has 0 bridgehead atoms. The summed E-state index contributed by atoms with van der Waals surface area (Å²) in [5, 5.41) is 9.34. The standard InChI is InChI=1S/C25H23F2N5O2S/c1-17-6-3-4-8-21(17)32-23(19-7-5-13-28-14-19)29-30-25(32)35-16-22(33)31(2)15-18-9-11-20(12-10-18)34-24(26)27/h3-14,24H,15-16H2,1-2H3. The molecular weight excluding hydrogens is 472 g/mol. The van der Waals surface area contributed by atoms with E-state index in [1.807, 2.05) is 47.9 Å². The predicted molar refractivity (Wildman–Crippen MR) is 130 cm³/mol. The van der Waals surface area contributed by atoms with Gasteiger partial charge in [0.05, 0.1) is 11.4 Å². The normalized spacial score (nSPS) is 11.0. The lowest BCUT2D eigenvalue weighted by Gasteiger charge is -2.18. The SMILES string of the molecule is Cc1ccccc1-n1c(SCC(=O)N(C)Cc2ccc(OC(F)F)cc2)nnc1-c1cccnc1. The van der Waals surface area contributed by atoms with Crippen molar-refractivity contribution >= 4 is 17.7 Å². The molecule has 1 amide bonds. The highest BCUT2D eigenvalue weighted by atomic mass is 32.2. The molecule has 2 aromatic heterocycles. The van der Waals surface area contributed by atoms with E-state index in [1.165, 1.54) is 23.9 Å². The van der Waals surface area contributed by atoms with Gasteiger partial charge in [0.2, 0.25) is 5.91 Å². The largest absolute Gasteiger partial charge is 0.435 e. The number of hydrogen-bond donors (Lipinski definition) is 0. The fraction of sp³-hybridized carbons (Fsp3) is 0.200. The van der Waals surface area contributed by atoms with Crippen molar-refractivity contribution < 1.29 is 18.3 Å². The Labute approximate surface area is 205 Å². The number of benzene rings is 2. The van der Waals surface area contributed by atoms with Crippen LogP contribution in [-0.4, -0.2) is 50.0 Å². The molecule has 0 N–H and O–H groups in total. The fourth-order valence-corrected chi connectivity index (χ4v) is 4.34. The minimum absolute atomic E-state index is 0.0771. The molecule has 0 saturated carbocycles. The van der Waals surface area contributed by atoms with E-state index in [9.17, 15) is 13.6 Å². The summed E-state index contributed by atoms with van der Waals surface area (Å²) in [6.07, 6.45) is 3.42. The minimum atomic E-state index is -2.87. The van der Waals surface area contributed by atoms with Crippen molar-refractivity contribution in [2.75, 3.05) is 12.8 Å². The molecule has 0 radical (unpaired) electrons. The van der Waals surface area contributed by atoms with Crippen LogP contribution in [0, 0.1) is 6.92 Å². The number of hydrogen-bond acceptors (Lipinski definition) is 6. The molecule has 2 heterocycles. The highest BCUT2D eigenvalue weighted by Gasteiger charge is 2.19. The second kappa shape index (κ2) is 11.1. The highest BCUT2D eigenvalue weighted by Crippen LogP contribution is 2.29. The molecule has 7 nitrogen and oxygen atoms in total. The molecule has 10 heteroatoms. The second-order valence-electron chi connectivity index (χ2n) is 7.73. The van der Waals surface area contributed by atoms with Gasteiger partial charge in [-0.1, -0.05) is 42.1 Å². The van der Waals surface area contributed by atoms with Crippen molar-refractivity contribution in [2.45, 2.75) is 25.2 Å². The summed E-state index contributed by atoms with van der Waals surface area (Å²) in [6, 6.07) is 17.9. The van der Waals surface area contributed by atoms with E-state index in [2.05, 4.69) is 19.9 Å². The number of pyridine rings is 1. The lowest BCUT2D eigenvalue weighted by atomic mass is 10.2. The first kappa shape index (κ1) is 24.3. The number of amides is 1. The minimum Gasteiger partial charge on any atom is -0.435 e. The molecule has 0 saturated heterocycles. The van der Waals surface area contributed by atoms with Crippen molar-refractivity contribution in [3.63, 3.8) is 0 Å². The number of aryl methyl sites for hydroxylation is 1. The van der Waals surface area contributed by atoms with Gasteiger partial charge in [0, 0.05) is 31.5 Å². The van der Waals surface area contributed by atoms with Gasteiger partial charge < -0.3 is 9.64 Å². The first-order chi connectivity index (χ1) is 16.9. The van der Waals surface area contributed by atoms with Crippen LogP contribution in [0.5, 0.6) is 5.75 Å². The Morgan fingerprint density at radius 1 is 1.09 bits per heavy atom. The third-order valence-corrected chi connectivity index (χ3v) is 6.14. The Balaban J connectivity index is 1.49. The monoisotopic (exact) mass is 495 g/mol. The van der Waals surface area contributed by atoms with E-state index in [4.69, 9.17) is 0 Å². The smallest absolute Gasteiger partial charge is 0.387 e. The molecule has 2 aromatic carbocycles. The maximum Gasteiger partial charge on any atom is 0.387 e. The van der Waals surface area contributed by atoms with Crippen LogP contribution in [0.1, 0.15) is 11.1 Å². The van der Waals surface area contributed by atoms with Gasteiger partial charge in [-0.05, 0) is 48.4 Å². The van der Waals surface area contributed by atoms with E-state index < -0.39 is 6.61 Å². The first-order valence-corrected chi connectivity index (χ1v) is 11.7. The number of nitrogens with zero attached hydrogens (tertiary/aromatic N) is 5. The maximum atomic E-state index is 12.8. The van der Waals surface area contributed by atoms with Gasteiger partial charge in [-0.15, -0.1) is 10.2 Å². The molecule has 0 aliphatic heterocycles. The van der Waals surface area contributed by atoms with Crippen LogP contribution in [0.25, 0.3) is 17.1 Å². The number of thioether (sulfide) groups is 1. The van der Waals surface area contributed by atoms with Gasteiger partial charge in [0.1, 0.15) is 5.75 Å². The molecular formula is C25H23F2N5O2S. The van der Waals surface area contributed by atoms with Crippen LogP contribution < -0.4 is 4.74 Å². The van der Waals surface area contributed by atoms with Crippen molar-refractivity contribution in [3.05, 3.63) is 84.2 Å². The van der Waals surface area contributed by atoms with Gasteiger partial charge in [-0.2, -0.15) is 8.78 Å². The van der Waals surface area contributed by atoms with Gasteiger partial charge in [0.15, 0.2) is 11.0 Å². The number of aromatic nitrogens is 4. The number of para-hydroxylation sites is 1. The number of carbonyl (C=O) groups is 1. The number of rotatable bonds is 9. The molecule has 0 unspecified atom stereocenters. The zero-order valence-corrected chi connectivity index (χ0v) is 20.0. The summed E-state index contributed by atoms with van der Waals surface area (Å²) in [7, 11) is 1.69. The zero-order chi connectivity index (χ0) is 24.8. The zero-order valence-electron chi connectivity index (χ0n) is 19.1. The number of halogens is 2. The quantitative estimate of drug-likeness (QED) is 0.305. The average molecular weight is 496 g/mol. The molecule has 35 heavy (non-hydrogen) atoms. The maximum absolute atomic E-state index is 12.8. The Morgan fingerprint density at radius 2 is 1.86 bits per heavy atom. The molecule has 0 spiro atoms. The van der Waals surface area contributed by atoms with Crippen LogP contribution in [-0.2, 0) is 11.3 Å². The van der Waals surface area contributed by atoms with E-state index in [0.717, 1.165) is 22.4 Å². The van der Waals surface area contributed by atoms with Crippen LogP contribution in [0.15, 0.2) is 78.2 Å². The topological polar surface area (TPSA) is 73.1 Å². The fourth-order valence-electron chi connectivity index (χ4n) is 3.45. The van der Waals surface area contributed by atoms with E-state index in [0.29, 0.717) is 17.5 Å². The van der Waals surface area contributed by atoms with Gasteiger partial charge >= 0.3 is 6.61 Å². The van der Waals surface area contributed by atoms with Gasteiger partial charge in [0.25, 0.3) is 0 Å². The van der Waals surface area contributed by atoms with Crippen molar-refractivity contribution in [1.82, 2.24) is 24.6 Å². The summed E-state index contributed by atoms with van der Waals surface area (Å²) in [4.78, 5) is 18.6. The molecule has 0 fully saturated rings. The molecule has 0 aliphatic rings. The summed E-state index contributed by atoms with van der Waals surface area (Å²) in [5.74, 6) is 0.764.